The lowest BCUT2D eigenvalue weighted by Gasteiger charge is -2.20. The summed E-state index contributed by atoms with van der Waals surface area (Å²) in [6.07, 6.45) is 5.68. The lowest BCUT2D eigenvalue weighted by molar-refractivity contribution is 0.501. The van der Waals surface area contributed by atoms with E-state index in [2.05, 4.69) is 31.2 Å². The van der Waals surface area contributed by atoms with Crippen molar-refractivity contribution < 1.29 is 13.2 Å². The van der Waals surface area contributed by atoms with E-state index in [0.29, 0.717) is 30.4 Å². The molecule has 0 atom stereocenters. The predicted molar refractivity (Wildman–Crippen MR) is 117 cm³/mol. The van der Waals surface area contributed by atoms with Crippen LogP contribution in [-0.2, 0) is 25.7 Å². The molecule has 154 valence electrons. The van der Waals surface area contributed by atoms with Crippen LogP contribution >= 0.6 is 0 Å². The second kappa shape index (κ2) is 8.51. The molecule has 1 aliphatic rings. The van der Waals surface area contributed by atoms with Gasteiger partial charge in [-0.25, -0.2) is 13.2 Å². The van der Waals surface area contributed by atoms with E-state index >= 15 is 4.39 Å². The van der Waals surface area contributed by atoms with Crippen molar-refractivity contribution in [1.29, 1.82) is 0 Å². The fraction of sp³-hybridized carbons (Fsp3) is 0.259. The second-order valence-electron chi connectivity index (χ2n) is 7.88. The van der Waals surface area contributed by atoms with Crippen molar-refractivity contribution >= 4 is 5.57 Å². The van der Waals surface area contributed by atoms with Gasteiger partial charge in [0.25, 0.3) is 0 Å². The standard InChI is InChI=1S/C27H25F3/c1-3-5-17-6-8-19(9-7-17)20-11-13-22-21(16-20)12-15-23(26(22)29)24-14-10-18(4-2)25(28)27(24)30/h6-12,14-15H,3-5,13,16H2,1-2H3. The Morgan fingerprint density at radius 3 is 2.17 bits per heavy atom. The summed E-state index contributed by atoms with van der Waals surface area (Å²) in [6.45, 7) is 3.92. The number of halogens is 3. The average molecular weight is 406 g/mol. The van der Waals surface area contributed by atoms with Crippen LogP contribution in [0.25, 0.3) is 16.7 Å². The van der Waals surface area contributed by atoms with Gasteiger partial charge in [-0.3, -0.25) is 0 Å². The lowest BCUT2D eigenvalue weighted by atomic mass is 9.85. The van der Waals surface area contributed by atoms with Gasteiger partial charge < -0.3 is 0 Å². The van der Waals surface area contributed by atoms with Crippen LogP contribution in [0, 0.1) is 17.5 Å². The van der Waals surface area contributed by atoms with Gasteiger partial charge in [0, 0.05) is 11.1 Å². The molecule has 0 unspecified atom stereocenters. The highest BCUT2D eigenvalue weighted by atomic mass is 19.2. The number of hydrogen-bond donors (Lipinski definition) is 0. The first-order valence-electron chi connectivity index (χ1n) is 10.6. The van der Waals surface area contributed by atoms with E-state index in [9.17, 15) is 8.78 Å². The smallest absolute Gasteiger partial charge is 0.167 e. The Bertz CT molecular complexity index is 1110. The molecule has 0 heterocycles. The number of benzene rings is 3. The highest BCUT2D eigenvalue weighted by Crippen LogP contribution is 2.35. The number of aryl methyl sites for hydroxylation is 2. The molecule has 3 aromatic carbocycles. The molecular weight excluding hydrogens is 381 g/mol. The van der Waals surface area contributed by atoms with Gasteiger partial charge in [0.15, 0.2) is 11.6 Å². The summed E-state index contributed by atoms with van der Waals surface area (Å²) in [5.74, 6) is -2.32. The van der Waals surface area contributed by atoms with Crippen molar-refractivity contribution in [2.75, 3.05) is 0 Å². The largest absolute Gasteiger partial charge is 0.206 e. The van der Waals surface area contributed by atoms with E-state index in [1.54, 1.807) is 13.0 Å². The van der Waals surface area contributed by atoms with Gasteiger partial charge in [-0.1, -0.05) is 74.9 Å². The maximum absolute atomic E-state index is 15.3. The van der Waals surface area contributed by atoms with E-state index in [-0.39, 0.29) is 11.1 Å². The van der Waals surface area contributed by atoms with Gasteiger partial charge in [0.2, 0.25) is 0 Å². The maximum Gasteiger partial charge on any atom is 0.167 e. The van der Waals surface area contributed by atoms with Crippen LogP contribution in [0.15, 0.2) is 54.6 Å². The third-order valence-electron chi connectivity index (χ3n) is 5.97. The van der Waals surface area contributed by atoms with Crippen LogP contribution in [0.3, 0.4) is 0 Å². The van der Waals surface area contributed by atoms with Crippen molar-refractivity contribution in [2.24, 2.45) is 0 Å². The maximum atomic E-state index is 15.3. The van der Waals surface area contributed by atoms with Crippen molar-refractivity contribution in [2.45, 2.75) is 46.0 Å². The molecule has 0 saturated carbocycles. The monoisotopic (exact) mass is 406 g/mol. The van der Waals surface area contributed by atoms with Gasteiger partial charge in [-0.05, 0) is 59.1 Å². The van der Waals surface area contributed by atoms with E-state index in [4.69, 9.17) is 0 Å². The molecule has 0 nitrogen and oxygen atoms in total. The van der Waals surface area contributed by atoms with Gasteiger partial charge in [0.05, 0.1) is 0 Å². The van der Waals surface area contributed by atoms with Gasteiger partial charge in [0.1, 0.15) is 5.82 Å². The molecule has 0 aliphatic heterocycles. The predicted octanol–water partition coefficient (Wildman–Crippen LogP) is 7.47. The zero-order valence-electron chi connectivity index (χ0n) is 17.4. The van der Waals surface area contributed by atoms with Crippen molar-refractivity contribution in [3.63, 3.8) is 0 Å². The molecule has 3 aromatic rings. The molecule has 0 spiro atoms. The first-order valence-corrected chi connectivity index (χ1v) is 10.6. The van der Waals surface area contributed by atoms with Crippen molar-refractivity contribution in [3.05, 3.63) is 99.9 Å². The summed E-state index contributed by atoms with van der Waals surface area (Å²) in [6, 6.07) is 15.0. The quantitative estimate of drug-likeness (QED) is 0.412. The molecule has 0 N–H and O–H groups in total. The molecule has 0 saturated heterocycles. The Morgan fingerprint density at radius 1 is 0.767 bits per heavy atom. The molecule has 0 amide bonds. The van der Waals surface area contributed by atoms with E-state index in [0.717, 1.165) is 24.0 Å². The first kappa shape index (κ1) is 20.5. The number of fused-ring (bicyclic) bond motifs is 1. The third kappa shape index (κ3) is 3.69. The molecule has 0 bridgehead atoms. The number of hydrogen-bond acceptors (Lipinski definition) is 0. The summed E-state index contributed by atoms with van der Waals surface area (Å²) in [7, 11) is 0. The van der Waals surface area contributed by atoms with E-state index in [1.807, 2.05) is 12.1 Å². The molecule has 0 radical (unpaired) electrons. The molecule has 0 aromatic heterocycles. The Labute approximate surface area is 176 Å². The second-order valence-corrected chi connectivity index (χ2v) is 7.88. The zero-order valence-corrected chi connectivity index (χ0v) is 17.4. The molecular formula is C27H25F3. The third-order valence-corrected chi connectivity index (χ3v) is 5.97. The Kier molecular flexibility index (Phi) is 5.80. The zero-order chi connectivity index (χ0) is 21.3. The number of rotatable bonds is 5. The van der Waals surface area contributed by atoms with Gasteiger partial charge >= 0.3 is 0 Å². The van der Waals surface area contributed by atoms with Gasteiger partial charge in [-0.2, -0.15) is 0 Å². The van der Waals surface area contributed by atoms with E-state index in [1.165, 1.54) is 23.3 Å². The highest BCUT2D eigenvalue weighted by molar-refractivity contribution is 5.73. The molecule has 4 rings (SSSR count). The molecule has 1 aliphatic carbocycles. The Morgan fingerprint density at radius 2 is 1.47 bits per heavy atom. The van der Waals surface area contributed by atoms with Crippen LogP contribution in [0.1, 0.15) is 48.1 Å². The summed E-state index contributed by atoms with van der Waals surface area (Å²) in [4.78, 5) is 0. The van der Waals surface area contributed by atoms with Crippen LogP contribution in [0.2, 0.25) is 0 Å². The first-order chi connectivity index (χ1) is 14.5. The lowest BCUT2D eigenvalue weighted by Crippen LogP contribution is -2.07. The van der Waals surface area contributed by atoms with Crippen LogP contribution in [-0.4, -0.2) is 0 Å². The topological polar surface area (TPSA) is 0 Å². The molecule has 0 fully saturated rings. The van der Waals surface area contributed by atoms with E-state index < -0.39 is 17.5 Å². The van der Waals surface area contributed by atoms with Crippen LogP contribution in [0.5, 0.6) is 0 Å². The summed E-state index contributed by atoms with van der Waals surface area (Å²) >= 11 is 0. The average Bonchev–Trinajstić information content (AvgIpc) is 2.77. The van der Waals surface area contributed by atoms with Crippen molar-refractivity contribution in [1.82, 2.24) is 0 Å². The van der Waals surface area contributed by atoms with Gasteiger partial charge in [-0.15, -0.1) is 0 Å². The van der Waals surface area contributed by atoms with Crippen molar-refractivity contribution in [3.8, 4) is 11.1 Å². The van der Waals surface area contributed by atoms with Crippen LogP contribution in [0.4, 0.5) is 13.2 Å². The number of allylic oxidation sites excluding steroid dienone is 2. The minimum absolute atomic E-state index is 0.0220. The minimum Gasteiger partial charge on any atom is -0.206 e. The molecule has 3 heteroatoms. The fourth-order valence-electron chi connectivity index (χ4n) is 4.22. The fourth-order valence-corrected chi connectivity index (χ4v) is 4.22. The summed E-state index contributed by atoms with van der Waals surface area (Å²) in [5, 5.41) is 0. The summed E-state index contributed by atoms with van der Waals surface area (Å²) < 4.78 is 44.1. The normalized spacial score (nSPS) is 13.2. The summed E-state index contributed by atoms with van der Waals surface area (Å²) in [5.41, 5.74) is 5.50. The molecule has 30 heavy (non-hydrogen) atoms. The Balaban J connectivity index is 1.65. The Hall–Kier alpha value is -2.81. The van der Waals surface area contributed by atoms with Crippen LogP contribution < -0.4 is 0 Å². The SMILES string of the molecule is CCCc1ccc(C2=CCc3c(ccc(-c4ccc(CC)c(F)c4F)c3F)C2)cc1. The highest BCUT2D eigenvalue weighted by Gasteiger charge is 2.22. The minimum atomic E-state index is -0.979.